The standard InChI is InChI=1S/3C12H12NOP.C2H3N.ClH.Li/c3*13-15(14,11-7-3-1-4-8-11)12-9-5-2-6-10-12;1-2-3;;/h3*1-10H,(H2,13,14);1H3;1H;/q;;;;;+1/p-1. The third-order valence-corrected chi connectivity index (χ3v) is 13.2. The third kappa shape index (κ3) is 12.9. The van der Waals surface area contributed by atoms with Crippen LogP contribution in [-0.4, -0.2) is 0 Å². The van der Waals surface area contributed by atoms with Crippen LogP contribution in [-0.2, 0) is 13.7 Å². The quantitative estimate of drug-likeness (QED) is 0.163. The summed E-state index contributed by atoms with van der Waals surface area (Å²) in [5, 5.41) is 11.5. The van der Waals surface area contributed by atoms with Crippen molar-refractivity contribution in [2.45, 2.75) is 6.92 Å². The van der Waals surface area contributed by atoms with Gasteiger partial charge in [-0.15, -0.1) is 0 Å². The Kier molecular flexibility index (Phi) is 19.6. The van der Waals surface area contributed by atoms with Gasteiger partial charge < -0.3 is 12.4 Å². The van der Waals surface area contributed by atoms with E-state index >= 15 is 0 Å². The average Bonchev–Trinajstić information content (AvgIpc) is 3.15. The number of nitriles is 1. The van der Waals surface area contributed by atoms with Crippen LogP contribution in [0.5, 0.6) is 0 Å². The Morgan fingerprint density at radius 2 is 0.480 bits per heavy atom. The van der Waals surface area contributed by atoms with Gasteiger partial charge in [-0.3, -0.25) is 30.2 Å². The smallest absolute Gasteiger partial charge is 1.00 e. The van der Waals surface area contributed by atoms with Crippen molar-refractivity contribution in [2.75, 3.05) is 0 Å². The predicted octanol–water partition coefficient (Wildman–Crippen LogP) is 0.160. The van der Waals surface area contributed by atoms with Gasteiger partial charge in [0.25, 0.3) is 0 Å². The van der Waals surface area contributed by atoms with Crippen molar-refractivity contribution in [2.24, 2.45) is 16.5 Å². The van der Waals surface area contributed by atoms with Gasteiger partial charge in [-0.1, -0.05) is 109 Å². The molecule has 0 aliphatic rings. The Balaban J connectivity index is 0.000000353. The second-order valence-corrected chi connectivity index (χ2v) is 17.3. The number of rotatable bonds is 6. The van der Waals surface area contributed by atoms with E-state index in [-0.39, 0.29) is 31.3 Å². The van der Waals surface area contributed by atoms with Gasteiger partial charge in [0.05, 0.1) is 6.07 Å². The molecule has 0 amide bonds. The summed E-state index contributed by atoms with van der Waals surface area (Å²) >= 11 is 0. The molecule has 0 aliphatic heterocycles. The molecule has 6 rings (SSSR count). The zero-order valence-corrected chi connectivity index (χ0v) is 31.4. The van der Waals surface area contributed by atoms with Crippen molar-refractivity contribution in [1.29, 1.82) is 5.26 Å². The molecule has 0 saturated heterocycles. The zero-order chi connectivity index (χ0) is 34.9. The van der Waals surface area contributed by atoms with E-state index in [9.17, 15) is 13.7 Å². The molecule has 50 heavy (non-hydrogen) atoms. The molecule has 7 nitrogen and oxygen atoms in total. The minimum absolute atomic E-state index is 0. The third-order valence-electron chi connectivity index (χ3n) is 6.84. The topological polar surface area (TPSA) is 153 Å². The fourth-order valence-electron chi connectivity index (χ4n) is 4.34. The molecule has 0 radical (unpaired) electrons. The number of hydrogen-bond acceptors (Lipinski definition) is 4. The van der Waals surface area contributed by atoms with Crippen LogP contribution >= 0.6 is 21.9 Å². The van der Waals surface area contributed by atoms with Crippen molar-refractivity contribution in [3.63, 3.8) is 0 Å². The summed E-state index contributed by atoms with van der Waals surface area (Å²) < 4.78 is 37.2. The summed E-state index contributed by atoms with van der Waals surface area (Å²) in [5.41, 5.74) is 17.7. The normalized spacial score (nSPS) is 10.3. The molecule has 0 saturated carbocycles. The van der Waals surface area contributed by atoms with Crippen LogP contribution < -0.4 is 79.6 Å². The van der Waals surface area contributed by atoms with E-state index < -0.39 is 21.9 Å². The molecule has 6 N–H and O–H groups in total. The van der Waals surface area contributed by atoms with Crippen LogP contribution in [0, 0.1) is 11.3 Å². The minimum atomic E-state index is -2.90. The maximum absolute atomic E-state index is 12.4. The van der Waals surface area contributed by atoms with Crippen LogP contribution in [0.2, 0.25) is 0 Å². The molecule has 6 aromatic carbocycles. The van der Waals surface area contributed by atoms with Gasteiger partial charge in [0.2, 0.25) is 21.9 Å². The molecule has 0 spiro atoms. The monoisotopic (exact) mass is 734 g/mol. The summed E-state index contributed by atoms with van der Waals surface area (Å²) in [6.07, 6.45) is 0. The molecule has 0 heterocycles. The summed E-state index contributed by atoms with van der Waals surface area (Å²) in [7, 11) is -8.69. The number of nitrogens with two attached hydrogens (primary N) is 3. The second-order valence-electron chi connectivity index (χ2n) is 10.2. The second kappa shape index (κ2) is 22.2. The van der Waals surface area contributed by atoms with E-state index in [4.69, 9.17) is 21.8 Å². The van der Waals surface area contributed by atoms with Crippen molar-refractivity contribution >= 4 is 53.7 Å². The van der Waals surface area contributed by atoms with Crippen LogP contribution in [0.25, 0.3) is 0 Å². The van der Waals surface area contributed by atoms with Crippen LogP contribution in [0.4, 0.5) is 0 Å². The molecule has 0 atom stereocenters. The summed E-state index contributed by atoms with van der Waals surface area (Å²) in [5.74, 6) is 0. The molecule has 0 aliphatic carbocycles. The van der Waals surface area contributed by atoms with E-state index in [1.165, 1.54) is 6.92 Å². The van der Waals surface area contributed by atoms with Crippen LogP contribution in [0.3, 0.4) is 0 Å². The zero-order valence-electron chi connectivity index (χ0n) is 27.9. The Hall–Kier alpha value is -3.73. The van der Waals surface area contributed by atoms with Crippen molar-refractivity contribution < 1.29 is 45.0 Å². The van der Waals surface area contributed by atoms with Gasteiger partial charge in [0, 0.05) is 38.8 Å². The van der Waals surface area contributed by atoms with E-state index in [1.54, 1.807) is 78.9 Å². The predicted molar refractivity (Wildman–Crippen MR) is 203 cm³/mol. The maximum atomic E-state index is 12.4. The first-order valence-electron chi connectivity index (χ1n) is 14.9. The van der Waals surface area contributed by atoms with E-state index in [2.05, 4.69) is 0 Å². The van der Waals surface area contributed by atoms with Crippen LogP contribution in [0.1, 0.15) is 6.92 Å². The first kappa shape index (κ1) is 44.3. The summed E-state index contributed by atoms with van der Waals surface area (Å²) in [4.78, 5) is 0. The number of halogens is 1. The molecule has 0 unspecified atom stereocenters. The van der Waals surface area contributed by atoms with Gasteiger partial charge >= 0.3 is 18.9 Å². The Labute approximate surface area is 313 Å². The fraction of sp³-hybridized carbons (Fsp3) is 0.0263. The average molecular weight is 735 g/mol. The Morgan fingerprint density at radius 1 is 0.380 bits per heavy atom. The van der Waals surface area contributed by atoms with Gasteiger partial charge in [-0.05, 0) is 72.8 Å². The largest absolute Gasteiger partial charge is 1.00 e. The Morgan fingerprint density at radius 3 is 0.580 bits per heavy atom. The van der Waals surface area contributed by atoms with Gasteiger partial charge in [0.15, 0.2) is 0 Å². The van der Waals surface area contributed by atoms with Crippen LogP contribution in [0.15, 0.2) is 182 Å². The fourth-order valence-corrected chi connectivity index (χ4v) is 8.93. The number of hydrogen-bond donors (Lipinski definition) is 3. The molecule has 0 fully saturated rings. The van der Waals surface area contributed by atoms with E-state index in [0.717, 1.165) is 0 Å². The van der Waals surface area contributed by atoms with Crippen molar-refractivity contribution in [1.82, 2.24) is 0 Å². The molecular weight excluding hydrogens is 696 g/mol. The minimum Gasteiger partial charge on any atom is -1.00 e. The molecule has 0 bridgehead atoms. The van der Waals surface area contributed by atoms with Crippen molar-refractivity contribution in [3.05, 3.63) is 182 Å². The molecular formula is C38H39ClLiN4O3P3. The summed E-state index contributed by atoms with van der Waals surface area (Å²) in [6, 6.07) is 56.8. The SMILES string of the molecule is CC#N.NP(=O)(c1ccccc1)c1ccccc1.NP(=O)(c1ccccc1)c1ccccc1.NP(=O)(c1ccccc1)c1ccccc1.[Cl-].[Li+]. The maximum Gasteiger partial charge on any atom is 1.00 e. The Bertz CT molecular complexity index is 1650. The molecule has 252 valence electrons. The first-order chi connectivity index (χ1) is 23.0. The van der Waals surface area contributed by atoms with Crippen molar-refractivity contribution in [3.8, 4) is 6.07 Å². The van der Waals surface area contributed by atoms with Gasteiger partial charge in [-0.25, -0.2) is 0 Å². The van der Waals surface area contributed by atoms with E-state index in [1.807, 2.05) is 109 Å². The molecule has 6 aromatic rings. The first-order valence-corrected chi connectivity index (χ1v) is 20.2. The van der Waals surface area contributed by atoms with Gasteiger partial charge in [-0.2, -0.15) is 5.26 Å². The van der Waals surface area contributed by atoms with E-state index in [0.29, 0.717) is 31.8 Å². The number of nitrogens with zero attached hydrogens (tertiary/aromatic N) is 1. The number of benzene rings is 6. The van der Waals surface area contributed by atoms with Gasteiger partial charge in [0.1, 0.15) is 0 Å². The molecule has 0 aromatic heterocycles. The molecule has 12 heteroatoms. The summed E-state index contributed by atoms with van der Waals surface area (Å²) in [6.45, 7) is 1.43.